The molecule has 19 heavy (non-hydrogen) atoms. The smallest absolute Gasteiger partial charge is 0.237 e. The molecular weight excluding hydrogens is 242 g/mol. The Kier molecular flexibility index (Phi) is 5.79. The molecule has 110 valence electrons. The van der Waals surface area contributed by atoms with Crippen LogP contribution >= 0.6 is 0 Å². The summed E-state index contributed by atoms with van der Waals surface area (Å²) in [6, 6.07) is -0.112. The molecule has 0 bridgehead atoms. The standard InChI is InChI=1S/C14H27N3O2/c1-5-10-6-7-16-11(8-10)12(18)17-9-14(2,3)13(19)15-4/h10-11,16H,5-9H2,1-4H3,(H,15,19)(H,17,18). The van der Waals surface area contributed by atoms with Crippen LogP contribution in [0.1, 0.15) is 40.0 Å². The first-order valence-electron chi connectivity index (χ1n) is 7.14. The van der Waals surface area contributed by atoms with Gasteiger partial charge in [0, 0.05) is 13.6 Å². The summed E-state index contributed by atoms with van der Waals surface area (Å²) in [5, 5.41) is 8.76. The van der Waals surface area contributed by atoms with Gasteiger partial charge < -0.3 is 16.0 Å². The molecule has 5 heteroatoms. The van der Waals surface area contributed by atoms with Crippen LogP contribution in [0.15, 0.2) is 0 Å². The molecule has 1 aliphatic heterocycles. The second kappa shape index (κ2) is 6.89. The zero-order chi connectivity index (χ0) is 14.5. The number of hydrogen-bond acceptors (Lipinski definition) is 3. The molecule has 0 aliphatic carbocycles. The SMILES string of the molecule is CCC1CCNC(C(=O)NCC(C)(C)C(=O)NC)C1. The summed E-state index contributed by atoms with van der Waals surface area (Å²) in [5.41, 5.74) is -0.580. The van der Waals surface area contributed by atoms with E-state index in [0.717, 1.165) is 25.8 Å². The minimum absolute atomic E-state index is 0.00938. The van der Waals surface area contributed by atoms with Gasteiger partial charge in [-0.1, -0.05) is 13.3 Å². The number of amides is 2. The van der Waals surface area contributed by atoms with Crippen molar-refractivity contribution in [3.8, 4) is 0 Å². The Hall–Kier alpha value is -1.10. The van der Waals surface area contributed by atoms with Crippen molar-refractivity contribution < 1.29 is 9.59 Å². The van der Waals surface area contributed by atoms with Gasteiger partial charge in [-0.05, 0) is 39.2 Å². The van der Waals surface area contributed by atoms with Gasteiger partial charge in [-0.2, -0.15) is 0 Å². The van der Waals surface area contributed by atoms with Crippen molar-refractivity contribution in [3.05, 3.63) is 0 Å². The van der Waals surface area contributed by atoms with Gasteiger partial charge >= 0.3 is 0 Å². The Bertz CT molecular complexity index is 329. The van der Waals surface area contributed by atoms with Gasteiger partial charge in [0.1, 0.15) is 0 Å². The van der Waals surface area contributed by atoms with Crippen LogP contribution in [-0.2, 0) is 9.59 Å². The predicted molar refractivity (Wildman–Crippen MR) is 75.7 cm³/mol. The highest BCUT2D eigenvalue weighted by Gasteiger charge is 2.30. The lowest BCUT2D eigenvalue weighted by Gasteiger charge is -2.30. The van der Waals surface area contributed by atoms with Gasteiger partial charge in [-0.25, -0.2) is 0 Å². The maximum atomic E-state index is 12.1. The molecule has 2 amide bonds. The molecule has 1 heterocycles. The summed E-state index contributed by atoms with van der Waals surface area (Å²) in [4.78, 5) is 23.8. The fraction of sp³-hybridized carbons (Fsp3) is 0.857. The molecule has 2 unspecified atom stereocenters. The fourth-order valence-corrected chi connectivity index (χ4v) is 2.42. The quantitative estimate of drug-likeness (QED) is 0.686. The van der Waals surface area contributed by atoms with Crippen molar-refractivity contribution >= 4 is 11.8 Å². The van der Waals surface area contributed by atoms with Crippen LogP contribution in [0.25, 0.3) is 0 Å². The molecule has 5 nitrogen and oxygen atoms in total. The first kappa shape index (κ1) is 16.0. The molecule has 2 atom stereocenters. The minimum Gasteiger partial charge on any atom is -0.359 e. The van der Waals surface area contributed by atoms with E-state index in [1.54, 1.807) is 7.05 Å². The molecule has 1 fully saturated rings. The number of piperidine rings is 1. The highest BCUT2D eigenvalue weighted by atomic mass is 16.2. The van der Waals surface area contributed by atoms with Crippen molar-refractivity contribution in [2.45, 2.75) is 46.1 Å². The summed E-state index contributed by atoms with van der Waals surface area (Å²) in [5.74, 6) is 0.579. The van der Waals surface area contributed by atoms with Crippen LogP contribution in [0.2, 0.25) is 0 Å². The predicted octanol–water partition coefficient (Wildman–Crippen LogP) is 0.653. The molecule has 1 rings (SSSR count). The summed E-state index contributed by atoms with van der Waals surface area (Å²) >= 11 is 0. The molecule has 0 aromatic rings. The van der Waals surface area contributed by atoms with E-state index in [2.05, 4.69) is 22.9 Å². The van der Waals surface area contributed by atoms with E-state index < -0.39 is 5.41 Å². The zero-order valence-electron chi connectivity index (χ0n) is 12.5. The van der Waals surface area contributed by atoms with E-state index in [-0.39, 0.29) is 17.9 Å². The van der Waals surface area contributed by atoms with Gasteiger partial charge in [0.15, 0.2) is 0 Å². The second-order valence-corrected chi connectivity index (χ2v) is 5.99. The minimum atomic E-state index is -0.580. The van der Waals surface area contributed by atoms with Crippen LogP contribution in [0, 0.1) is 11.3 Å². The molecule has 0 aromatic carbocycles. The van der Waals surface area contributed by atoms with Gasteiger partial charge in [0.25, 0.3) is 0 Å². The number of carbonyl (C=O) groups excluding carboxylic acids is 2. The summed E-state index contributed by atoms with van der Waals surface area (Å²) in [6.07, 6.45) is 3.15. The van der Waals surface area contributed by atoms with Gasteiger partial charge in [-0.15, -0.1) is 0 Å². The fourth-order valence-electron chi connectivity index (χ4n) is 2.42. The van der Waals surface area contributed by atoms with Crippen molar-refractivity contribution in [1.82, 2.24) is 16.0 Å². The van der Waals surface area contributed by atoms with Crippen LogP contribution in [0.4, 0.5) is 0 Å². The van der Waals surface area contributed by atoms with Gasteiger partial charge in [-0.3, -0.25) is 9.59 Å². The molecule has 1 aliphatic rings. The third kappa shape index (κ3) is 4.49. The van der Waals surface area contributed by atoms with Crippen molar-refractivity contribution in [1.29, 1.82) is 0 Å². The number of rotatable bonds is 5. The van der Waals surface area contributed by atoms with E-state index in [9.17, 15) is 9.59 Å². The monoisotopic (exact) mass is 269 g/mol. The van der Waals surface area contributed by atoms with E-state index in [1.165, 1.54) is 0 Å². The van der Waals surface area contributed by atoms with E-state index in [1.807, 2.05) is 13.8 Å². The molecule has 3 N–H and O–H groups in total. The number of nitrogens with one attached hydrogen (secondary N) is 3. The van der Waals surface area contributed by atoms with E-state index >= 15 is 0 Å². The molecule has 1 saturated heterocycles. The second-order valence-electron chi connectivity index (χ2n) is 5.99. The molecular formula is C14H27N3O2. The van der Waals surface area contributed by atoms with Crippen LogP contribution in [-0.4, -0.2) is 38.0 Å². The van der Waals surface area contributed by atoms with Crippen molar-refractivity contribution in [3.63, 3.8) is 0 Å². The maximum Gasteiger partial charge on any atom is 0.237 e. The summed E-state index contributed by atoms with van der Waals surface area (Å²) in [7, 11) is 1.61. The van der Waals surface area contributed by atoms with Gasteiger partial charge in [0.05, 0.1) is 11.5 Å². The van der Waals surface area contributed by atoms with Crippen molar-refractivity contribution in [2.24, 2.45) is 11.3 Å². The van der Waals surface area contributed by atoms with Gasteiger partial charge in [0.2, 0.25) is 11.8 Å². The van der Waals surface area contributed by atoms with Crippen LogP contribution in [0.3, 0.4) is 0 Å². The average Bonchev–Trinajstić information content (AvgIpc) is 2.43. The van der Waals surface area contributed by atoms with Crippen LogP contribution in [0.5, 0.6) is 0 Å². The average molecular weight is 269 g/mol. The largest absolute Gasteiger partial charge is 0.359 e. The normalized spacial score (nSPS) is 23.8. The molecule has 0 saturated carbocycles. The lowest BCUT2D eigenvalue weighted by atomic mass is 9.89. The highest BCUT2D eigenvalue weighted by molar-refractivity contribution is 5.85. The highest BCUT2D eigenvalue weighted by Crippen LogP contribution is 2.20. The van der Waals surface area contributed by atoms with E-state index in [4.69, 9.17) is 0 Å². The molecule has 0 aromatic heterocycles. The Labute approximate surface area is 115 Å². The lowest BCUT2D eigenvalue weighted by molar-refractivity contribution is -0.130. The summed E-state index contributed by atoms with van der Waals surface area (Å²) < 4.78 is 0. The Morgan fingerprint density at radius 2 is 2.05 bits per heavy atom. The third-order valence-corrected chi connectivity index (χ3v) is 3.95. The first-order chi connectivity index (χ1) is 8.90. The lowest BCUT2D eigenvalue weighted by Crippen LogP contribution is -2.52. The number of carbonyl (C=O) groups is 2. The Balaban J connectivity index is 2.44. The zero-order valence-corrected chi connectivity index (χ0v) is 12.5. The first-order valence-corrected chi connectivity index (χ1v) is 7.14. The van der Waals surface area contributed by atoms with Crippen LogP contribution < -0.4 is 16.0 Å². The Morgan fingerprint density at radius 1 is 1.37 bits per heavy atom. The topological polar surface area (TPSA) is 70.2 Å². The maximum absolute atomic E-state index is 12.1. The molecule has 0 spiro atoms. The molecule has 0 radical (unpaired) electrons. The Morgan fingerprint density at radius 3 is 2.63 bits per heavy atom. The van der Waals surface area contributed by atoms with E-state index in [0.29, 0.717) is 12.5 Å². The third-order valence-electron chi connectivity index (χ3n) is 3.95. The van der Waals surface area contributed by atoms with Crippen molar-refractivity contribution in [2.75, 3.05) is 20.1 Å². The number of hydrogen-bond donors (Lipinski definition) is 3. The summed E-state index contributed by atoms with van der Waals surface area (Å²) in [6.45, 7) is 7.08.